The second-order valence-corrected chi connectivity index (χ2v) is 6.40. The number of piperidine rings is 1. The van der Waals surface area contributed by atoms with Gasteiger partial charge in [0.05, 0.1) is 11.7 Å². The third-order valence-corrected chi connectivity index (χ3v) is 4.50. The highest BCUT2D eigenvalue weighted by molar-refractivity contribution is 5.73. The second kappa shape index (κ2) is 6.76. The molecule has 0 radical (unpaired) electrons. The zero-order valence-corrected chi connectivity index (χ0v) is 13.2. The minimum absolute atomic E-state index is 0.0380. The molecule has 20 heavy (non-hydrogen) atoms. The number of hydrogen-bond donors (Lipinski definition) is 1. The molecule has 2 rings (SSSR count). The van der Waals surface area contributed by atoms with E-state index in [1.54, 1.807) is 19.0 Å². The van der Waals surface area contributed by atoms with Crippen LogP contribution in [0.2, 0.25) is 0 Å². The predicted molar refractivity (Wildman–Crippen MR) is 79.9 cm³/mol. The van der Waals surface area contributed by atoms with Gasteiger partial charge >= 0.3 is 6.03 Å². The van der Waals surface area contributed by atoms with Crippen LogP contribution in [-0.2, 0) is 4.74 Å². The lowest BCUT2D eigenvalue weighted by Gasteiger charge is -2.52. The monoisotopic (exact) mass is 283 g/mol. The standard InChI is InChI=1S/C15H29N3O2/c1-4-5-8-18-9-6-15(7-10-18)11-13(20-15)12-16-14(19)17(2)3/h13H,4-12H2,1-3H3,(H,16,19)/t13-/m0/s1. The number of amides is 2. The number of likely N-dealkylation sites (tertiary alicyclic amines) is 1. The molecule has 1 N–H and O–H groups in total. The summed E-state index contributed by atoms with van der Waals surface area (Å²) in [5.41, 5.74) is 0.121. The molecule has 5 heteroatoms. The van der Waals surface area contributed by atoms with E-state index >= 15 is 0 Å². The first-order valence-corrected chi connectivity index (χ1v) is 7.90. The molecule has 1 spiro atoms. The Bertz CT molecular complexity index is 317. The van der Waals surface area contributed by atoms with Crippen molar-refractivity contribution in [3.8, 4) is 0 Å². The highest BCUT2D eigenvalue weighted by Crippen LogP contribution is 2.41. The van der Waals surface area contributed by atoms with Gasteiger partial charge in [0.2, 0.25) is 0 Å². The molecule has 2 heterocycles. The lowest BCUT2D eigenvalue weighted by molar-refractivity contribution is -0.222. The van der Waals surface area contributed by atoms with E-state index in [9.17, 15) is 4.79 Å². The number of carbonyl (C=O) groups is 1. The van der Waals surface area contributed by atoms with Crippen molar-refractivity contribution < 1.29 is 9.53 Å². The molecule has 2 aliphatic rings. The van der Waals surface area contributed by atoms with Crippen LogP contribution < -0.4 is 5.32 Å². The van der Waals surface area contributed by atoms with Gasteiger partial charge in [-0.25, -0.2) is 4.79 Å². The van der Waals surface area contributed by atoms with Crippen molar-refractivity contribution in [2.45, 2.75) is 50.7 Å². The van der Waals surface area contributed by atoms with Gasteiger partial charge in [0.1, 0.15) is 0 Å². The number of nitrogens with zero attached hydrogens (tertiary/aromatic N) is 2. The molecular weight excluding hydrogens is 254 g/mol. The SMILES string of the molecule is CCCCN1CCC2(CC1)C[C@@H](CNC(=O)N(C)C)O2. The molecule has 5 nitrogen and oxygen atoms in total. The highest BCUT2D eigenvalue weighted by Gasteiger charge is 2.46. The van der Waals surface area contributed by atoms with Crippen LogP contribution in [0.15, 0.2) is 0 Å². The summed E-state index contributed by atoms with van der Waals surface area (Å²) in [4.78, 5) is 15.6. The maximum atomic E-state index is 11.5. The summed E-state index contributed by atoms with van der Waals surface area (Å²) < 4.78 is 6.09. The van der Waals surface area contributed by atoms with Gasteiger partial charge in [-0.05, 0) is 25.8 Å². The van der Waals surface area contributed by atoms with Crippen LogP contribution in [0.25, 0.3) is 0 Å². The van der Waals surface area contributed by atoms with E-state index < -0.39 is 0 Å². The first kappa shape index (κ1) is 15.6. The van der Waals surface area contributed by atoms with Crippen molar-refractivity contribution in [2.75, 3.05) is 40.3 Å². The van der Waals surface area contributed by atoms with Crippen molar-refractivity contribution in [3.63, 3.8) is 0 Å². The zero-order valence-electron chi connectivity index (χ0n) is 13.2. The van der Waals surface area contributed by atoms with Gasteiger partial charge in [0, 0.05) is 40.2 Å². The zero-order chi connectivity index (χ0) is 14.6. The molecule has 0 aromatic rings. The Kier molecular flexibility index (Phi) is 5.27. The normalized spacial score (nSPS) is 25.2. The third kappa shape index (κ3) is 3.85. The van der Waals surface area contributed by atoms with Crippen molar-refractivity contribution in [2.24, 2.45) is 0 Å². The minimum atomic E-state index is -0.0380. The van der Waals surface area contributed by atoms with Crippen molar-refractivity contribution in [1.82, 2.24) is 15.1 Å². The molecule has 2 saturated heterocycles. The number of carbonyl (C=O) groups excluding carboxylic acids is 1. The smallest absolute Gasteiger partial charge is 0.316 e. The van der Waals surface area contributed by atoms with E-state index in [0.29, 0.717) is 6.54 Å². The van der Waals surface area contributed by atoms with Crippen LogP contribution in [0.3, 0.4) is 0 Å². The topological polar surface area (TPSA) is 44.8 Å². The fraction of sp³-hybridized carbons (Fsp3) is 0.933. The van der Waals surface area contributed by atoms with Gasteiger partial charge in [-0.3, -0.25) is 0 Å². The molecular formula is C15H29N3O2. The largest absolute Gasteiger partial charge is 0.370 e. The van der Waals surface area contributed by atoms with Crippen LogP contribution in [-0.4, -0.2) is 67.8 Å². The molecule has 1 atom stereocenters. The number of urea groups is 1. The maximum Gasteiger partial charge on any atom is 0.316 e. The van der Waals surface area contributed by atoms with Gasteiger partial charge in [0.25, 0.3) is 0 Å². The number of unbranched alkanes of at least 4 members (excludes halogenated alkanes) is 1. The van der Waals surface area contributed by atoms with E-state index in [0.717, 1.165) is 32.4 Å². The first-order chi connectivity index (χ1) is 9.54. The average Bonchev–Trinajstić information content (AvgIpc) is 2.41. The quantitative estimate of drug-likeness (QED) is 0.835. The second-order valence-electron chi connectivity index (χ2n) is 6.40. The molecule has 0 aromatic heterocycles. The predicted octanol–water partition coefficient (Wildman–Crippen LogP) is 1.68. The first-order valence-electron chi connectivity index (χ1n) is 7.90. The van der Waals surface area contributed by atoms with Gasteiger partial charge < -0.3 is 19.9 Å². The number of rotatable bonds is 5. The molecule has 2 fully saturated rings. The van der Waals surface area contributed by atoms with E-state index in [-0.39, 0.29) is 17.7 Å². The van der Waals surface area contributed by atoms with E-state index in [1.807, 2.05) is 0 Å². The Morgan fingerprint density at radius 3 is 2.60 bits per heavy atom. The Labute approximate surface area is 122 Å². The van der Waals surface area contributed by atoms with Crippen molar-refractivity contribution in [3.05, 3.63) is 0 Å². The van der Waals surface area contributed by atoms with Gasteiger partial charge in [0.15, 0.2) is 0 Å². The summed E-state index contributed by atoms with van der Waals surface area (Å²) in [5.74, 6) is 0. The number of nitrogens with one attached hydrogen (secondary N) is 1. The van der Waals surface area contributed by atoms with E-state index in [1.165, 1.54) is 19.4 Å². The fourth-order valence-corrected chi connectivity index (χ4v) is 3.12. The lowest BCUT2D eigenvalue weighted by atomic mass is 9.80. The third-order valence-electron chi connectivity index (χ3n) is 4.50. The summed E-state index contributed by atoms with van der Waals surface area (Å²) in [6, 6.07) is -0.0380. The van der Waals surface area contributed by atoms with Crippen LogP contribution in [0.1, 0.15) is 39.0 Å². The Hall–Kier alpha value is -0.810. The van der Waals surface area contributed by atoms with Crippen molar-refractivity contribution >= 4 is 6.03 Å². The van der Waals surface area contributed by atoms with E-state index in [2.05, 4.69) is 17.1 Å². The molecule has 2 amide bonds. The minimum Gasteiger partial charge on any atom is -0.370 e. The Balaban J connectivity index is 1.62. The van der Waals surface area contributed by atoms with Gasteiger partial charge in [-0.1, -0.05) is 13.3 Å². The molecule has 0 saturated carbocycles. The summed E-state index contributed by atoms with van der Waals surface area (Å²) >= 11 is 0. The fourth-order valence-electron chi connectivity index (χ4n) is 3.12. The van der Waals surface area contributed by atoms with Gasteiger partial charge in [-0.2, -0.15) is 0 Å². The average molecular weight is 283 g/mol. The Morgan fingerprint density at radius 2 is 2.05 bits per heavy atom. The summed E-state index contributed by atoms with van der Waals surface area (Å²) in [5, 5.41) is 2.89. The summed E-state index contributed by atoms with van der Waals surface area (Å²) in [6.07, 6.45) is 6.17. The molecule has 0 aliphatic carbocycles. The highest BCUT2D eigenvalue weighted by atomic mass is 16.5. The number of hydrogen-bond acceptors (Lipinski definition) is 3. The van der Waals surface area contributed by atoms with Crippen LogP contribution in [0.5, 0.6) is 0 Å². The van der Waals surface area contributed by atoms with Crippen LogP contribution >= 0.6 is 0 Å². The number of ether oxygens (including phenoxy) is 1. The molecule has 0 bridgehead atoms. The summed E-state index contributed by atoms with van der Waals surface area (Å²) in [7, 11) is 3.51. The lowest BCUT2D eigenvalue weighted by Crippen LogP contribution is -2.59. The molecule has 0 aromatic carbocycles. The van der Waals surface area contributed by atoms with Gasteiger partial charge in [-0.15, -0.1) is 0 Å². The van der Waals surface area contributed by atoms with Crippen LogP contribution in [0.4, 0.5) is 4.79 Å². The Morgan fingerprint density at radius 1 is 1.40 bits per heavy atom. The summed E-state index contributed by atoms with van der Waals surface area (Å²) in [6.45, 7) is 6.44. The van der Waals surface area contributed by atoms with Crippen LogP contribution in [0, 0.1) is 0 Å². The molecule has 0 unspecified atom stereocenters. The molecule has 116 valence electrons. The van der Waals surface area contributed by atoms with E-state index in [4.69, 9.17) is 4.74 Å². The van der Waals surface area contributed by atoms with Crippen molar-refractivity contribution in [1.29, 1.82) is 0 Å². The maximum absolute atomic E-state index is 11.5. The molecule has 2 aliphatic heterocycles.